The smallest absolute Gasteiger partial charge is 0.0471 e. The molecule has 0 aromatic heterocycles. The Bertz CT molecular complexity index is 292. The topological polar surface area (TPSA) is 21.3 Å². The van der Waals surface area contributed by atoms with Gasteiger partial charge in [0, 0.05) is 25.9 Å². The first kappa shape index (κ1) is 9.53. The van der Waals surface area contributed by atoms with Crippen molar-refractivity contribution < 1.29 is 4.74 Å². The van der Waals surface area contributed by atoms with Gasteiger partial charge in [-0.25, -0.2) is 0 Å². The summed E-state index contributed by atoms with van der Waals surface area (Å²) < 4.78 is 5.36. The molecule has 0 radical (unpaired) electrons. The van der Waals surface area contributed by atoms with E-state index in [0.29, 0.717) is 5.92 Å². The molecule has 0 aliphatic carbocycles. The Labute approximate surface area is 85.3 Å². The maximum absolute atomic E-state index is 5.36. The van der Waals surface area contributed by atoms with Crippen molar-refractivity contribution in [2.75, 3.05) is 25.6 Å². The highest BCUT2D eigenvalue weighted by molar-refractivity contribution is 5.45. The summed E-state index contributed by atoms with van der Waals surface area (Å²) in [7, 11) is 1.96. The van der Waals surface area contributed by atoms with Crippen LogP contribution in [-0.2, 0) is 4.74 Å². The largest absolute Gasteiger partial charge is 0.388 e. The van der Waals surface area contributed by atoms with Crippen LogP contribution < -0.4 is 5.32 Å². The Hall–Kier alpha value is -1.02. The van der Waals surface area contributed by atoms with Gasteiger partial charge in [-0.15, -0.1) is 0 Å². The third-order valence-corrected chi connectivity index (χ3v) is 2.87. The molecule has 0 bridgehead atoms. The summed E-state index contributed by atoms with van der Waals surface area (Å²) in [4.78, 5) is 0. The Morgan fingerprint density at radius 1 is 1.29 bits per heavy atom. The van der Waals surface area contributed by atoms with Gasteiger partial charge in [0.15, 0.2) is 0 Å². The zero-order valence-corrected chi connectivity index (χ0v) is 8.62. The van der Waals surface area contributed by atoms with Crippen molar-refractivity contribution in [3.63, 3.8) is 0 Å². The van der Waals surface area contributed by atoms with Crippen molar-refractivity contribution in [3.05, 3.63) is 29.8 Å². The van der Waals surface area contributed by atoms with Gasteiger partial charge in [-0.2, -0.15) is 0 Å². The van der Waals surface area contributed by atoms with Crippen LogP contribution in [0.15, 0.2) is 24.3 Å². The van der Waals surface area contributed by atoms with E-state index < -0.39 is 0 Å². The van der Waals surface area contributed by atoms with Crippen LogP contribution in [0.2, 0.25) is 0 Å². The van der Waals surface area contributed by atoms with Gasteiger partial charge in [0.25, 0.3) is 0 Å². The summed E-state index contributed by atoms with van der Waals surface area (Å²) in [6.07, 6.45) is 2.32. The Balaban J connectivity index is 2.13. The third-order valence-electron chi connectivity index (χ3n) is 2.87. The molecule has 0 unspecified atom stereocenters. The van der Waals surface area contributed by atoms with E-state index in [0.717, 1.165) is 26.1 Å². The summed E-state index contributed by atoms with van der Waals surface area (Å²) in [6.45, 7) is 1.82. The average Bonchev–Trinajstić information content (AvgIpc) is 2.30. The van der Waals surface area contributed by atoms with Gasteiger partial charge in [0.1, 0.15) is 0 Å². The number of ether oxygens (including phenoxy) is 1. The molecule has 1 fully saturated rings. The normalized spacial score (nSPS) is 18.1. The minimum atomic E-state index is 0.692. The van der Waals surface area contributed by atoms with E-state index in [-0.39, 0.29) is 0 Å². The van der Waals surface area contributed by atoms with Gasteiger partial charge < -0.3 is 10.1 Å². The number of benzene rings is 1. The molecular formula is C12H17NO. The lowest BCUT2D eigenvalue weighted by molar-refractivity contribution is 0.0853. The van der Waals surface area contributed by atoms with Crippen LogP contribution in [0.5, 0.6) is 0 Å². The van der Waals surface area contributed by atoms with E-state index >= 15 is 0 Å². The zero-order valence-electron chi connectivity index (χ0n) is 8.62. The standard InChI is InChI=1S/C12H17NO/c1-13-12-4-2-3-11(9-12)10-5-7-14-8-6-10/h2-4,9-10,13H,5-8H2,1H3. The van der Waals surface area contributed by atoms with Gasteiger partial charge in [0.05, 0.1) is 0 Å². The van der Waals surface area contributed by atoms with Crippen LogP contribution >= 0.6 is 0 Å². The zero-order chi connectivity index (χ0) is 9.80. The molecule has 14 heavy (non-hydrogen) atoms. The molecule has 2 nitrogen and oxygen atoms in total. The van der Waals surface area contributed by atoms with Crippen LogP contribution in [0.25, 0.3) is 0 Å². The fraction of sp³-hybridized carbons (Fsp3) is 0.500. The maximum Gasteiger partial charge on any atom is 0.0471 e. The number of nitrogens with one attached hydrogen (secondary N) is 1. The number of rotatable bonds is 2. The van der Waals surface area contributed by atoms with Gasteiger partial charge in [-0.3, -0.25) is 0 Å². The van der Waals surface area contributed by atoms with Crippen molar-refractivity contribution in [2.45, 2.75) is 18.8 Å². The van der Waals surface area contributed by atoms with Crippen molar-refractivity contribution in [2.24, 2.45) is 0 Å². The first-order chi connectivity index (χ1) is 6.90. The molecule has 0 spiro atoms. The molecule has 1 aromatic carbocycles. The summed E-state index contributed by atoms with van der Waals surface area (Å²) in [5, 5.41) is 3.18. The minimum Gasteiger partial charge on any atom is -0.388 e. The van der Waals surface area contributed by atoms with Crippen molar-refractivity contribution in [3.8, 4) is 0 Å². The highest BCUT2D eigenvalue weighted by atomic mass is 16.5. The molecule has 0 atom stereocenters. The second-order valence-corrected chi connectivity index (χ2v) is 3.76. The Morgan fingerprint density at radius 3 is 2.79 bits per heavy atom. The molecule has 1 aliphatic heterocycles. The summed E-state index contributed by atoms with van der Waals surface area (Å²) in [5.74, 6) is 0.692. The van der Waals surface area contributed by atoms with Crippen molar-refractivity contribution >= 4 is 5.69 Å². The molecule has 1 aromatic rings. The SMILES string of the molecule is CNc1cccc(C2CCOCC2)c1. The second kappa shape index (κ2) is 4.47. The molecule has 76 valence electrons. The van der Waals surface area contributed by atoms with Crippen LogP contribution in [0, 0.1) is 0 Å². The lowest BCUT2D eigenvalue weighted by Crippen LogP contribution is -2.14. The number of hydrogen-bond acceptors (Lipinski definition) is 2. The summed E-state index contributed by atoms with van der Waals surface area (Å²) in [6, 6.07) is 8.69. The first-order valence-corrected chi connectivity index (χ1v) is 5.25. The fourth-order valence-corrected chi connectivity index (χ4v) is 1.98. The highest BCUT2D eigenvalue weighted by Crippen LogP contribution is 2.28. The van der Waals surface area contributed by atoms with E-state index in [1.807, 2.05) is 7.05 Å². The Morgan fingerprint density at radius 2 is 2.07 bits per heavy atom. The van der Waals surface area contributed by atoms with Crippen molar-refractivity contribution in [1.82, 2.24) is 0 Å². The molecule has 0 amide bonds. The van der Waals surface area contributed by atoms with Gasteiger partial charge in [-0.1, -0.05) is 12.1 Å². The number of hydrogen-bond donors (Lipinski definition) is 1. The first-order valence-electron chi connectivity index (χ1n) is 5.25. The van der Waals surface area contributed by atoms with Crippen LogP contribution in [0.1, 0.15) is 24.3 Å². The predicted molar refractivity (Wildman–Crippen MR) is 58.8 cm³/mol. The van der Waals surface area contributed by atoms with Gasteiger partial charge in [0.2, 0.25) is 0 Å². The monoisotopic (exact) mass is 191 g/mol. The molecule has 0 saturated carbocycles. The Kier molecular flexibility index (Phi) is 3.04. The maximum atomic E-state index is 5.36. The van der Waals surface area contributed by atoms with Gasteiger partial charge in [-0.05, 0) is 36.5 Å². The number of anilines is 1. The quantitative estimate of drug-likeness (QED) is 0.776. The van der Waals surface area contributed by atoms with Crippen LogP contribution in [0.4, 0.5) is 5.69 Å². The van der Waals surface area contributed by atoms with E-state index in [1.165, 1.54) is 11.3 Å². The molecule has 1 aliphatic rings. The van der Waals surface area contributed by atoms with Crippen molar-refractivity contribution in [1.29, 1.82) is 0 Å². The van der Waals surface area contributed by atoms with Crippen LogP contribution in [0.3, 0.4) is 0 Å². The molecule has 1 N–H and O–H groups in total. The molecule has 2 heteroatoms. The van der Waals surface area contributed by atoms with Crippen LogP contribution in [-0.4, -0.2) is 20.3 Å². The van der Waals surface area contributed by atoms with E-state index in [1.54, 1.807) is 0 Å². The molecule has 1 heterocycles. The van der Waals surface area contributed by atoms with E-state index in [9.17, 15) is 0 Å². The highest BCUT2D eigenvalue weighted by Gasteiger charge is 2.15. The fourth-order valence-electron chi connectivity index (χ4n) is 1.98. The predicted octanol–water partition coefficient (Wildman–Crippen LogP) is 2.62. The minimum absolute atomic E-state index is 0.692. The third kappa shape index (κ3) is 2.07. The van der Waals surface area contributed by atoms with Gasteiger partial charge >= 0.3 is 0 Å². The van der Waals surface area contributed by atoms with E-state index in [2.05, 4.69) is 29.6 Å². The molecule has 1 saturated heterocycles. The summed E-state index contributed by atoms with van der Waals surface area (Å²) >= 11 is 0. The molecule has 2 rings (SSSR count). The summed E-state index contributed by atoms with van der Waals surface area (Å²) in [5.41, 5.74) is 2.65. The lowest BCUT2D eigenvalue weighted by atomic mass is 9.91. The average molecular weight is 191 g/mol. The molecular weight excluding hydrogens is 174 g/mol. The second-order valence-electron chi connectivity index (χ2n) is 3.76. The van der Waals surface area contributed by atoms with E-state index in [4.69, 9.17) is 4.74 Å². The lowest BCUT2D eigenvalue weighted by Gasteiger charge is -2.22.